The predicted molar refractivity (Wildman–Crippen MR) is 78.5 cm³/mol. The van der Waals surface area contributed by atoms with Gasteiger partial charge in [-0.1, -0.05) is 6.92 Å². The lowest BCUT2D eigenvalue weighted by atomic mass is 10.3. The van der Waals surface area contributed by atoms with Crippen LogP contribution in [0.25, 0.3) is 0 Å². The topological polar surface area (TPSA) is 61.4 Å². The lowest BCUT2D eigenvalue weighted by Crippen LogP contribution is -2.35. The van der Waals surface area contributed by atoms with E-state index in [-0.39, 0.29) is 5.91 Å². The van der Waals surface area contributed by atoms with Gasteiger partial charge in [-0.3, -0.25) is 4.79 Å². The summed E-state index contributed by atoms with van der Waals surface area (Å²) < 4.78 is 0. The summed E-state index contributed by atoms with van der Waals surface area (Å²) in [6.07, 6.45) is 5.74. The number of rotatable bonds is 5. The van der Waals surface area contributed by atoms with Gasteiger partial charge in [0.1, 0.15) is 0 Å². The molecule has 6 heteroatoms. The molecule has 0 atom stereocenters. The van der Waals surface area contributed by atoms with E-state index in [0.717, 1.165) is 44.6 Å². The Hall–Kier alpha value is -1.69. The molecular weight excluding hydrogens is 254 g/mol. The van der Waals surface area contributed by atoms with Gasteiger partial charge >= 0.3 is 0 Å². The van der Waals surface area contributed by atoms with E-state index in [1.807, 2.05) is 24.3 Å². The highest BCUT2D eigenvalue weighted by Gasteiger charge is 2.20. The number of nitrogens with one attached hydrogen (secondary N) is 1. The Morgan fingerprint density at radius 1 is 1.30 bits per heavy atom. The number of anilines is 1. The predicted octanol–water partition coefficient (Wildman–Crippen LogP) is 0.645. The van der Waals surface area contributed by atoms with Crippen LogP contribution >= 0.6 is 0 Å². The molecule has 2 rings (SSSR count). The standard InChI is InChI=1S/C14H23N5O/c1-3-5-15-8-12-9-16-14(17-10-12)19-7-4-6-18(2)13(20)11-19/h9-10,15H,3-8,11H2,1-2H3. The molecule has 0 aromatic carbocycles. The van der Waals surface area contributed by atoms with Gasteiger partial charge in [-0.15, -0.1) is 0 Å². The molecule has 20 heavy (non-hydrogen) atoms. The maximum absolute atomic E-state index is 11.9. The lowest BCUT2D eigenvalue weighted by molar-refractivity contribution is -0.127. The summed E-state index contributed by atoms with van der Waals surface area (Å²) in [5.74, 6) is 0.771. The molecule has 0 saturated carbocycles. The first-order valence-corrected chi connectivity index (χ1v) is 7.21. The van der Waals surface area contributed by atoms with Crippen molar-refractivity contribution in [3.05, 3.63) is 18.0 Å². The van der Waals surface area contributed by atoms with Crippen molar-refractivity contribution in [2.75, 3.05) is 38.1 Å². The van der Waals surface area contributed by atoms with Crippen LogP contribution in [-0.2, 0) is 11.3 Å². The first kappa shape index (κ1) is 14.7. The van der Waals surface area contributed by atoms with E-state index in [0.29, 0.717) is 12.5 Å². The number of likely N-dealkylation sites (N-methyl/N-ethyl adjacent to an activating group) is 1. The summed E-state index contributed by atoms with van der Waals surface area (Å²) in [5.41, 5.74) is 1.07. The van der Waals surface area contributed by atoms with Crippen LogP contribution in [0.4, 0.5) is 5.95 Å². The summed E-state index contributed by atoms with van der Waals surface area (Å²) in [5, 5.41) is 3.32. The summed E-state index contributed by atoms with van der Waals surface area (Å²) in [6.45, 7) is 5.91. The highest BCUT2D eigenvalue weighted by molar-refractivity contribution is 5.81. The van der Waals surface area contributed by atoms with Crippen LogP contribution in [0.15, 0.2) is 12.4 Å². The summed E-state index contributed by atoms with van der Waals surface area (Å²) in [6, 6.07) is 0. The van der Waals surface area contributed by atoms with Gasteiger partial charge in [0.2, 0.25) is 11.9 Å². The fourth-order valence-electron chi connectivity index (χ4n) is 2.17. The van der Waals surface area contributed by atoms with E-state index in [9.17, 15) is 4.79 Å². The zero-order valence-electron chi connectivity index (χ0n) is 12.3. The molecule has 1 aliphatic heterocycles. The molecule has 0 unspecified atom stereocenters. The van der Waals surface area contributed by atoms with Gasteiger partial charge in [0.25, 0.3) is 0 Å². The van der Waals surface area contributed by atoms with E-state index in [4.69, 9.17) is 0 Å². The SMILES string of the molecule is CCCNCc1cnc(N2CCCN(C)C(=O)C2)nc1. The smallest absolute Gasteiger partial charge is 0.241 e. The van der Waals surface area contributed by atoms with Crippen molar-refractivity contribution in [2.45, 2.75) is 26.3 Å². The van der Waals surface area contributed by atoms with E-state index in [1.54, 1.807) is 4.90 Å². The molecule has 1 fully saturated rings. The third kappa shape index (κ3) is 3.90. The average Bonchev–Trinajstić information content (AvgIpc) is 2.62. The quantitative estimate of drug-likeness (QED) is 0.801. The summed E-state index contributed by atoms with van der Waals surface area (Å²) in [7, 11) is 1.84. The summed E-state index contributed by atoms with van der Waals surface area (Å²) in [4.78, 5) is 24.4. The monoisotopic (exact) mass is 277 g/mol. The van der Waals surface area contributed by atoms with Crippen molar-refractivity contribution in [3.63, 3.8) is 0 Å². The third-order valence-electron chi connectivity index (χ3n) is 3.40. The van der Waals surface area contributed by atoms with Gasteiger partial charge in [0.05, 0.1) is 6.54 Å². The zero-order chi connectivity index (χ0) is 14.4. The van der Waals surface area contributed by atoms with Crippen molar-refractivity contribution in [1.29, 1.82) is 0 Å². The molecule has 2 heterocycles. The zero-order valence-corrected chi connectivity index (χ0v) is 12.3. The van der Waals surface area contributed by atoms with Gasteiger partial charge in [0, 0.05) is 44.6 Å². The summed E-state index contributed by atoms with van der Waals surface area (Å²) >= 11 is 0. The third-order valence-corrected chi connectivity index (χ3v) is 3.40. The molecule has 1 amide bonds. The Morgan fingerprint density at radius 3 is 2.75 bits per heavy atom. The molecule has 110 valence electrons. The Labute approximate surface area is 120 Å². The minimum atomic E-state index is 0.125. The number of nitrogens with zero attached hydrogens (tertiary/aromatic N) is 4. The second-order valence-electron chi connectivity index (χ2n) is 5.16. The van der Waals surface area contributed by atoms with Crippen molar-refractivity contribution in [3.8, 4) is 0 Å². The molecule has 1 aliphatic rings. The molecule has 0 radical (unpaired) electrons. The molecule has 1 aromatic heterocycles. The highest BCUT2D eigenvalue weighted by Crippen LogP contribution is 2.11. The average molecular weight is 277 g/mol. The first-order valence-electron chi connectivity index (χ1n) is 7.21. The van der Waals surface area contributed by atoms with Crippen molar-refractivity contribution < 1.29 is 4.79 Å². The van der Waals surface area contributed by atoms with Crippen LogP contribution in [0.2, 0.25) is 0 Å². The maximum Gasteiger partial charge on any atom is 0.241 e. The molecule has 1 saturated heterocycles. The molecule has 0 bridgehead atoms. The fourth-order valence-corrected chi connectivity index (χ4v) is 2.17. The van der Waals surface area contributed by atoms with Crippen LogP contribution < -0.4 is 10.2 Å². The molecule has 6 nitrogen and oxygen atoms in total. The van der Waals surface area contributed by atoms with Crippen LogP contribution in [-0.4, -0.2) is 54.0 Å². The maximum atomic E-state index is 11.9. The molecule has 0 aliphatic carbocycles. The van der Waals surface area contributed by atoms with Gasteiger partial charge < -0.3 is 15.1 Å². The minimum absolute atomic E-state index is 0.125. The van der Waals surface area contributed by atoms with Crippen LogP contribution in [0.3, 0.4) is 0 Å². The number of hydrogen-bond acceptors (Lipinski definition) is 5. The number of amides is 1. The van der Waals surface area contributed by atoms with E-state index in [1.165, 1.54) is 0 Å². The number of carbonyl (C=O) groups is 1. The highest BCUT2D eigenvalue weighted by atomic mass is 16.2. The van der Waals surface area contributed by atoms with Crippen molar-refractivity contribution in [1.82, 2.24) is 20.2 Å². The van der Waals surface area contributed by atoms with Crippen LogP contribution in [0, 0.1) is 0 Å². The van der Waals surface area contributed by atoms with Gasteiger partial charge in [-0.25, -0.2) is 9.97 Å². The Kier molecular flexibility index (Phi) is 5.29. The number of hydrogen-bond donors (Lipinski definition) is 1. The van der Waals surface area contributed by atoms with E-state index in [2.05, 4.69) is 22.2 Å². The van der Waals surface area contributed by atoms with Gasteiger partial charge in [0.15, 0.2) is 0 Å². The Bertz CT molecular complexity index is 434. The lowest BCUT2D eigenvalue weighted by Gasteiger charge is -2.19. The minimum Gasteiger partial charge on any atom is -0.344 e. The molecule has 1 N–H and O–H groups in total. The van der Waals surface area contributed by atoms with Crippen molar-refractivity contribution in [2.24, 2.45) is 0 Å². The van der Waals surface area contributed by atoms with Gasteiger partial charge in [-0.05, 0) is 19.4 Å². The Balaban J connectivity index is 1.96. The second kappa shape index (κ2) is 7.19. The molecule has 0 spiro atoms. The van der Waals surface area contributed by atoms with Crippen LogP contribution in [0.1, 0.15) is 25.3 Å². The van der Waals surface area contributed by atoms with Crippen molar-refractivity contribution >= 4 is 11.9 Å². The van der Waals surface area contributed by atoms with E-state index >= 15 is 0 Å². The number of aromatic nitrogens is 2. The normalized spacial score (nSPS) is 16.4. The first-order chi connectivity index (χ1) is 9.70. The number of carbonyl (C=O) groups excluding carboxylic acids is 1. The van der Waals surface area contributed by atoms with E-state index < -0.39 is 0 Å². The second-order valence-corrected chi connectivity index (χ2v) is 5.16. The van der Waals surface area contributed by atoms with Gasteiger partial charge in [-0.2, -0.15) is 0 Å². The fraction of sp³-hybridized carbons (Fsp3) is 0.643. The largest absolute Gasteiger partial charge is 0.344 e. The molecule has 1 aromatic rings. The van der Waals surface area contributed by atoms with Crippen LogP contribution in [0.5, 0.6) is 0 Å². The molecular formula is C14H23N5O. The Morgan fingerprint density at radius 2 is 2.05 bits per heavy atom.